The third-order valence-electron chi connectivity index (χ3n) is 5.39. The molecule has 1 aromatic carbocycles. The zero-order valence-corrected chi connectivity index (χ0v) is 17.6. The molecule has 1 unspecified atom stereocenters. The molecule has 1 saturated heterocycles. The molecule has 2 aliphatic heterocycles. The van der Waals surface area contributed by atoms with Gasteiger partial charge in [-0.1, -0.05) is 36.4 Å². The van der Waals surface area contributed by atoms with Gasteiger partial charge in [-0.2, -0.15) is 5.10 Å². The topological polar surface area (TPSA) is 104 Å². The maximum absolute atomic E-state index is 13.1. The van der Waals surface area contributed by atoms with Crippen LogP contribution < -0.4 is 5.43 Å². The summed E-state index contributed by atoms with van der Waals surface area (Å²) in [5.74, 6) is -0.747. The number of nitrogens with zero attached hydrogens (tertiary/aromatic N) is 4. The van der Waals surface area contributed by atoms with Gasteiger partial charge in [-0.25, -0.2) is 5.43 Å². The number of hydrogen-bond donors (Lipinski definition) is 1. The van der Waals surface area contributed by atoms with Gasteiger partial charge in [0.05, 0.1) is 12.7 Å². The van der Waals surface area contributed by atoms with Crippen molar-refractivity contribution in [1.29, 1.82) is 0 Å². The minimum atomic E-state index is -0.374. The Balaban J connectivity index is 1.51. The molecule has 0 spiro atoms. The third kappa shape index (κ3) is 5.55. The average Bonchev–Trinajstić information content (AvgIpc) is 2.98. The molecule has 3 heterocycles. The SMILES string of the molecule is O=C1CCC(C(=O)N2CC(=O)N(Cc3cccnc3)CC(OCc3ccccc3)C2)=NN1. The fourth-order valence-electron chi connectivity index (χ4n) is 3.70. The van der Waals surface area contributed by atoms with Crippen LogP contribution >= 0.6 is 0 Å². The molecule has 4 rings (SSSR count). The Hall–Kier alpha value is -3.59. The number of ether oxygens (including phenoxy) is 1. The Morgan fingerprint density at radius 3 is 2.59 bits per heavy atom. The van der Waals surface area contributed by atoms with Crippen molar-refractivity contribution in [1.82, 2.24) is 20.2 Å². The van der Waals surface area contributed by atoms with Gasteiger partial charge in [0.25, 0.3) is 5.91 Å². The van der Waals surface area contributed by atoms with Gasteiger partial charge in [-0.3, -0.25) is 19.4 Å². The number of carbonyl (C=O) groups is 3. The highest BCUT2D eigenvalue weighted by molar-refractivity contribution is 6.39. The first-order valence-electron chi connectivity index (χ1n) is 10.6. The summed E-state index contributed by atoms with van der Waals surface area (Å²) in [4.78, 5) is 44.7. The highest BCUT2D eigenvalue weighted by atomic mass is 16.5. The van der Waals surface area contributed by atoms with Gasteiger partial charge in [0.15, 0.2) is 0 Å². The number of benzene rings is 1. The van der Waals surface area contributed by atoms with Crippen LogP contribution in [0.3, 0.4) is 0 Å². The predicted octanol–water partition coefficient (Wildman–Crippen LogP) is 1.10. The van der Waals surface area contributed by atoms with Crippen LogP contribution in [0.25, 0.3) is 0 Å². The number of nitrogens with one attached hydrogen (secondary N) is 1. The Morgan fingerprint density at radius 1 is 1.06 bits per heavy atom. The lowest BCUT2D eigenvalue weighted by molar-refractivity contribution is -0.136. The van der Waals surface area contributed by atoms with Crippen LogP contribution in [0, 0.1) is 0 Å². The fourth-order valence-corrected chi connectivity index (χ4v) is 3.70. The molecule has 1 N–H and O–H groups in total. The van der Waals surface area contributed by atoms with E-state index in [1.165, 1.54) is 4.90 Å². The first-order chi connectivity index (χ1) is 15.6. The highest BCUT2D eigenvalue weighted by Crippen LogP contribution is 2.15. The van der Waals surface area contributed by atoms with Gasteiger partial charge in [-0.15, -0.1) is 0 Å². The molecule has 9 heteroatoms. The van der Waals surface area contributed by atoms with Gasteiger partial charge < -0.3 is 14.5 Å². The number of hydrazone groups is 1. The molecule has 0 aliphatic carbocycles. The Labute approximate surface area is 186 Å². The van der Waals surface area contributed by atoms with Crippen LogP contribution in [0.15, 0.2) is 60.0 Å². The molecule has 0 radical (unpaired) electrons. The van der Waals surface area contributed by atoms with Crippen molar-refractivity contribution in [3.8, 4) is 0 Å². The van der Waals surface area contributed by atoms with Gasteiger partial charge in [0.2, 0.25) is 11.8 Å². The van der Waals surface area contributed by atoms with Crippen molar-refractivity contribution in [3.63, 3.8) is 0 Å². The Bertz CT molecular complexity index is 996. The number of aromatic nitrogens is 1. The maximum Gasteiger partial charge on any atom is 0.270 e. The lowest BCUT2D eigenvalue weighted by Crippen LogP contribution is -2.45. The first-order valence-corrected chi connectivity index (χ1v) is 10.6. The van der Waals surface area contributed by atoms with Crippen molar-refractivity contribution in [2.24, 2.45) is 5.10 Å². The second-order valence-electron chi connectivity index (χ2n) is 7.83. The highest BCUT2D eigenvalue weighted by Gasteiger charge is 2.33. The lowest BCUT2D eigenvalue weighted by Gasteiger charge is -2.25. The van der Waals surface area contributed by atoms with E-state index in [9.17, 15) is 14.4 Å². The van der Waals surface area contributed by atoms with Crippen molar-refractivity contribution in [3.05, 3.63) is 66.0 Å². The van der Waals surface area contributed by atoms with E-state index in [2.05, 4.69) is 15.5 Å². The molecule has 166 valence electrons. The van der Waals surface area contributed by atoms with Crippen LogP contribution in [-0.2, 0) is 32.3 Å². The van der Waals surface area contributed by atoms with Gasteiger partial charge in [0.1, 0.15) is 12.3 Å². The summed E-state index contributed by atoms with van der Waals surface area (Å²) in [7, 11) is 0. The molecular formula is C23H25N5O4. The summed E-state index contributed by atoms with van der Waals surface area (Å²) < 4.78 is 6.14. The molecular weight excluding hydrogens is 410 g/mol. The number of rotatable bonds is 6. The Morgan fingerprint density at radius 2 is 1.88 bits per heavy atom. The van der Waals surface area contributed by atoms with E-state index in [0.29, 0.717) is 19.7 Å². The van der Waals surface area contributed by atoms with E-state index < -0.39 is 0 Å². The summed E-state index contributed by atoms with van der Waals surface area (Å²) in [6, 6.07) is 13.5. The van der Waals surface area contributed by atoms with E-state index in [1.807, 2.05) is 42.5 Å². The summed E-state index contributed by atoms with van der Waals surface area (Å²) in [6.07, 6.45) is 3.49. The molecule has 9 nitrogen and oxygen atoms in total. The smallest absolute Gasteiger partial charge is 0.270 e. The first kappa shape index (κ1) is 21.6. The van der Waals surface area contributed by atoms with E-state index in [0.717, 1.165) is 11.1 Å². The normalized spacial score (nSPS) is 19.2. The lowest BCUT2D eigenvalue weighted by atomic mass is 10.1. The second-order valence-corrected chi connectivity index (χ2v) is 7.83. The molecule has 0 saturated carbocycles. The predicted molar refractivity (Wildman–Crippen MR) is 116 cm³/mol. The van der Waals surface area contributed by atoms with Crippen molar-refractivity contribution in [2.75, 3.05) is 19.6 Å². The molecule has 3 amide bonds. The quantitative estimate of drug-likeness (QED) is 0.732. The fraction of sp³-hybridized carbons (Fsp3) is 0.348. The number of hydrogen-bond acceptors (Lipinski definition) is 6. The second kappa shape index (κ2) is 10.1. The van der Waals surface area contributed by atoms with Gasteiger partial charge in [0, 0.05) is 44.9 Å². The van der Waals surface area contributed by atoms with E-state index in [4.69, 9.17) is 4.74 Å². The van der Waals surface area contributed by atoms with Crippen LogP contribution in [0.1, 0.15) is 24.0 Å². The zero-order valence-electron chi connectivity index (χ0n) is 17.6. The monoisotopic (exact) mass is 435 g/mol. The summed E-state index contributed by atoms with van der Waals surface area (Å²) in [5.41, 5.74) is 4.51. The molecule has 32 heavy (non-hydrogen) atoms. The molecule has 1 aromatic heterocycles. The number of pyridine rings is 1. The maximum atomic E-state index is 13.1. The van der Waals surface area contributed by atoms with Gasteiger partial charge in [-0.05, 0) is 17.2 Å². The number of carbonyl (C=O) groups excluding carboxylic acids is 3. The van der Waals surface area contributed by atoms with Crippen molar-refractivity contribution >= 4 is 23.4 Å². The zero-order chi connectivity index (χ0) is 22.3. The molecule has 2 aliphatic rings. The molecule has 1 fully saturated rings. The standard InChI is InChI=1S/C23H25N5O4/c29-21-9-8-20(25-26-21)23(31)28-14-19(32-16-17-5-2-1-3-6-17)13-27(22(30)15-28)12-18-7-4-10-24-11-18/h1-7,10-11,19H,8-9,12-16H2,(H,26,29). The molecule has 1 atom stereocenters. The third-order valence-corrected chi connectivity index (χ3v) is 5.39. The van der Waals surface area contributed by atoms with E-state index >= 15 is 0 Å². The number of amides is 3. The summed E-state index contributed by atoms with van der Waals surface area (Å²) in [6.45, 7) is 1.30. The molecule has 0 bridgehead atoms. The molecule has 2 aromatic rings. The Kier molecular flexibility index (Phi) is 6.86. The van der Waals surface area contributed by atoms with Crippen molar-refractivity contribution in [2.45, 2.75) is 32.1 Å². The van der Waals surface area contributed by atoms with Gasteiger partial charge >= 0.3 is 0 Å². The van der Waals surface area contributed by atoms with Crippen LogP contribution in [0.2, 0.25) is 0 Å². The summed E-state index contributed by atoms with van der Waals surface area (Å²) >= 11 is 0. The van der Waals surface area contributed by atoms with Crippen LogP contribution in [0.4, 0.5) is 0 Å². The van der Waals surface area contributed by atoms with E-state index in [-0.39, 0.29) is 55.5 Å². The minimum Gasteiger partial charge on any atom is -0.370 e. The largest absolute Gasteiger partial charge is 0.370 e. The average molecular weight is 435 g/mol. The van der Waals surface area contributed by atoms with Crippen LogP contribution in [0.5, 0.6) is 0 Å². The minimum absolute atomic E-state index is 0.0722. The van der Waals surface area contributed by atoms with Crippen LogP contribution in [-0.4, -0.2) is 64.0 Å². The van der Waals surface area contributed by atoms with E-state index in [1.54, 1.807) is 17.3 Å². The van der Waals surface area contributed by atoms with Crippen molar-refractivity contribution < 1.29 is 19.1 Å². The summed E-state index contributed by atoms with van der Waals surface area (Å²) in [5, 5.41) is 3.90.